The number of nitrogens with one attached hydrogen (secondary N) is 1. The van der Waals surface area contributed by atoms with Crippen LogP contribution in [-0.2, 0) is 6.42 Å². The van der Waals surface area contributed by atoms with Crippen LogP contribution in [-0.4, -0.2) is 42.6 Å². The van der Waals surface area contributed by atoms with Gasteiger partial charge in [0, 0.05) is 49.2 Å². The third-order valence-corrected chi connectivity index (χ3v) is 6.70. The minimum atomic E-state index is -0.189. The molecule has 1 aliphatic heterocycles. The van der Waals surface area contributed by atoms with Gasteiger partial charge in [-0.3, -0.25) is 9.69 Å². The van der Waals surface area contributed by atoms with Gasteiger partial charge in [-0.15, -0.1) is 0 Å². The van der Waals surface area contributed by atoms with Gasteiger partial charge >= 0.3 is 4.87 Å². The Morgan fingerprint density at radius 2 is 1.77 bits per heavy atom. The number of hydrogen-bond donors (Lipinski definition) is 1. The fraction of sp³-hybridized carbons (Fsp3) is 0.240. The summed E-state index contributed by atoms with van der Waals surface area (Å²) in [6.07, 6.45) is 1.01. The van der Waals surface area contributed by atoms with Crippen LogP contribution in [0.2, 0.25) is 0 Å². The Kier molecular flexibility index (Phi) is 5.57. The van der Waals surface area contributed by atoms with Gasteiger partial charge in [0.05, 0.1) is 5.69 Å². The standard InChI is InChI=1S/C25H24FN3OS/c26-21-8-9-22-20(16-21)2-1-3-24(22)29-14-12-28(13-15-29)11-10-18-4-6-19(7-5-18)23-17-31-25(30)27-23/h1-9,16-17H,10-15H2,(H,27,30). The van der Waals surface area contributed by atoms with E-state index in [1.165, 1.54) is 22.6 Å². The summed E-state index contributed by atoms with van der Waals surface area (Å²) in [5.74, 6) is -0.189. The minimum Gasteiger partial charge on any atom is -0.368 e. The molecule has 1 aromatic heterocycles. The minimum absolute atomic E-state index is 0.0196. The van der Waals surface area contributed by atoms with Crippen molar-refractivity contribution < 1.29 is 4.39 Å². The number of hydrogen-bond acceptors (Lipinski definition) is 4. The van der Waals surface area contributed by atoms with E-state index < -0.39 is 0 Å². The smallest absolute Gasteiger partial charge is 0.304 e. The number of halogens is 1. The van der Waals surface area contributed by atoms with Crippen LogP contribution in [0.4, 0.5) is 10.1 Å². The zero-order chi connectivity index (χ0) is 21.2. The van der Waals surface area contributed by atoms with Crippen molar-refractivity contribution in [2.24, 2.45) is 0 Å². The molecule has 0 radical (unpaired) electrons. The fourth-order valence-electron chi connectivity index (χ4n) is 4.29. The Bertz CT molecular complexity index is 1240. The number of nitrogens with zero attached hydrogens (tertiary/aromatic N) is 2. The SMILES string of the molecule is O=c1[nH]c(-c2ccc(CCN3CCN(c4cccc5cc(F)ccc45)CC3)cc2)cs1. The normalized spacial score (nSPS) is 14.9. The van der Waals surface area contributed by atoms with E-state index in [1.54, 1.807) is 12.1 Å². The van der Waals surface area contributed by atoms with Crippen LogP contribution >= 0.6 is 11.3 Å². The summed E-state index contributed by atoms with van der Waals surface area (Å²) in [4.78, 5) is 19.1. The lowest BCUT2D eigenvalue weighted by Crippen LogP contribution is -2.47. The molecule has 1 saturated heterocycles. The largest absolute Gasteiger partial charge is 0.368 e. The first-order valence-electron chi connectivity index (χ1n) is 10.6. The van der Waals surface area contributed by atoms with E-state index in [1.807, 2.05) is 23.6 Å². The lowest BCUT2D eigenvalue weighted by Gasteiger charge is -2.36. The maximum atomic E-state index is 13.6. The predicted octanol–water partition coefficient (Wildman–Crippen LogP) is 4.76. The molecule has 31 heavy (non-hydrogen) atoms. The molecule has 0 atom stereocenters. The molecule has 5 rings (SSSR count). The summed E-state index contributed by atoms with van der Waals surface area (Å²) in [7, 11) is 0. The van der Waals surface area contributed by atoms with E-state index in [-0.39, 0.29) is 10.7 Å². The summed E-state index contributed by atoms with van der Waals surface area (Å²) in [5.41, 5.74) is 4.43. The molecule has 0 aliphatic carbocycles. The van der Waals surface area contributed by atoms with Gasteiger partial charge in [0.1, 0.15) is 5.82 Å². The van der Waals surface area contributed by atoms with Crippen molar-refractivity contribution in [1.29, 1.82) is 0 Å². The Balaban J connectivity index is 1.18. The number of piperazine rings is 1. The van der Waals surface area contributed by atoms with Crippen molar-refractivity contribution in [3.05, 3.63) is 87.1 Å². The van der Waals surface area contributed by atoms with Crippen LogP contribution in [0.1, 0.15) is 5.56 Å². The van der Waals surface area contributed by atoms with Crippen LogP contribution in [0.25, 0.3) is 22.0 Å². The highest BCUT2D eigenvalue weighted by atomic mass is 32.1. The molecule has 3 aromatic carbocycles. The third kappa shape index (κ3) is 4.40. The second-order valence-corrected chi connectivity index (χ2v) is 8.82. The lowest BCUT2D eigenvalue weighted by atomic mass is 10.1. The molecule has 4 aromatic rings. The van der Waals surface area contributed by atoms with Crippen LogP contribution < -0.4 is 9.77 Å². The van der Waals surface area contributed by atoms with Gasteiger partial charge in [-0.2, -0.15) is 0 Å². The molecule has 2 heterocycles. The van der Waals surface area contributed by atoms with E-state index >= 15 is 0 Å². The highest BCUT2D eigenvalue weighted by molar-refractivity contribution is 7.07. The molecule has 0 saturated carbocycles. The van der Waals surface area contributed by atoms with Gasteiger partial charge in [0.15, 0.2) is 0 Å². The summed E-state index contributed by atoms with van der Waals surface area (Å²) >= 11 is 1.19. The van der Waals surface area contributed by atoms with E-state index in [0.29, 0.717) is 0 Å². The van der Waals surface area contributed by atoms with Gasteiger partial charge in [-0.05, 0) is 47.2 Å². The number of benzene rings is 3. The van der Waals surface area contributed by atoms with Gasteiger partial charge < -0.3 is 9.88 Å². The Hall–Kier alpha value is -2.96. The lowest BCUT2D eigenvalue weighted by molar-refractivity contribution is 0.261. The molecular weight excluding hydrogens is 409 g/mol. The van der Waals surface area contributed by atoms with Crippen molar-refractivity contribution in [3.63, 3.8) is 0 Å². The Morgan fingerprint density at radius 1 is 0.968 bits per heavy atom. The average molecular weight is 434 g/mol. The van der Waals surface area contributed by atoms with Crippen molar-refractivity contribution in [1.82, 2.24) is 9.88 Å². The average Bonchev–Trinajstić information content (AvgIpc) is 3.24. The number of aromatic amines is 1. The molecule has 1 aliphatic rings. The van der Waals surface area contributed by atoms with Crippen molar-refractivity contribution >= 4 is 27.8 Å². The Morgan fingerprint density at radius 3 is 2.52 bits per heavy atom. The summed E-state index contributed by atoms with van der Waals surface area (Å²) < 4.78 is 13.6. The first-order chi connectivity index (χ1) is 15.2. The maximum Gasteiger partial charge on any atom is 0.304 e. The van der Waals surface area contributed by atoms with Crippen LogP contribution in [0.15, 0.2) is 70.8 Å². The monoisotopic (exact) mass is 433 g/mol. The quantitative estimate of drug-likeness (QED) is 0.493. The van der Waals surface area contributed by atoms with Crippen LogP contribution in [0, 0.1) is 5.82 Å². The van der Waals surface area contributed by atoms with E-state index in [0.717, 1.165) is 61.2 Å². The molecule has 0 bridgehead atoms. The third-order valence-electron chi connectivity index (χ3n) is 6.03. The molecule has 0 amide bonds. The number of anilines is 1. The molecule has 1 N–H and O–H groups in total. The molecule has 6 heteroatoms. The van der Waals surface area contributed by atoms with Crippen LogP contribution in [0.5, 0.6) is 0 Å². The molecule has 0 spiro atoms. The maximum absolute atomic E-state index is 13.6. The highest BCUT2D eigenvalue weighted by Crippen LogP contribution is 2.28. The second-order valence-electron chi connectivity index (χ2n) is 7.98. The van der Waals surface area contributed by atoms with Gasteiger partial charge in [0.2, 0.25) is 0 Å². The molecule has 0 unspecified atom stereocenters. The van der Waals surface area contributed by atoms with E-state index in [4.69, 9.17) is 0 Å². The fourth-order valence-corrected chi connectivity index (χ4v) is 4.87. The zero-order valence-corrected chi connectivity index (χ0v) is 18.0. The number of fused-ring (bicyclic) bond motifs is 1. The van der Waals surface area contributed by atoms with Crippen molar-refractivity contribution in [2.45, 2.75) is 6.42 Å². The summed E-state index contributed by atoms with van der Waals surface area (Å²) in [6.45, 7) is 5.02. The number of H-pyrrole nitrogens is 1. The summed E-state index contributed by atoms with van der Waals surface area (Å²) in [6, 6.07) is 19.6. The van der Waals surface area contributed by atoms with Crippen molar-refractivity contribution in [2.75, 3.05) is 37.6 Å². The first kappa shape index (κ1) is 20.0. The van der Waals surface area contributed by atoms with Gasteiger partial charge in [-0.1, -0.05) is 47.7 Å². The Labute approximate surface area is 184 Å². The van der Waals surface area contributed by atoms with E-state index in [9.17, 15) is 9.18 Å². The topological polar surface area (TPSA) is 39.3 Å². The second kappa shape index (κ2) is 8.65. The van der Waals surface area contributed by atoms with Crippen molar-refractivity contribution in [3.8, 4) is 11.3 Å². The van der Waals surface area contributed by atoms with E-state index in [2.05, 4.69) is 45.1 Å². The molecule has 158 valence electrons. The predicted molar refractivity (Wildman–Crippen MR) is 127 cm³/mol. The first-order valence-corrected chi connectivity index (χ1v) is 11.5. The molecular formula is C25H24FN3OS. The number of aromatic nitrogens is 1. The van der Waals surface area contributed by atoms with Gasteiger partial charge in [-0.25, -0.2) is 4.39 Å². The summed E-state index contributed by atoms with van der Waals surface area (Å²) in [5, 5.41) is 3.93. The van der Waals surface area contributed by atoms with Crippen LogP contribution in [0.3, 0.4) is 0 Å². The zero-order valence-electron chi connectivity index (χ0n) is 17.2. The molecule has 1 fully saturated rings. The molecule has 4 nitrogen and oxygen atoms in total. The number of thiazole rings is 1. The van der Waals surface area contributed by atoms with Gasteiger partial charge in [0.25, 0.3) is 0 Å². The highest BCUT2D eigenvalue weighted by Gasteiger charge is 2.18. The number of rotatable bonds is 5.